The Hall–Kier alpha value is -6.22. The topological polar surface area (TPSA) is 3.24 Å². The fourth-order valence-corrected chi connectivity index (χ4v) is 12.4. The fourth-order valence-electron chi connectivity index (χ4n) is 11.2. The Balaban J connectivity index is 0.964. The van der Waals surface area contributed by atoms with E-state index < -0.39 is 8.07 Å². The third-order valence-corrected chi connectivity index (χ3v) is 17.0. The van der Waals surface area contributed by atoms with Crippen molar-refractivity contribution in [1.29, 1.82) is 0 Å². The SMILES string of the molecule is CCC1(CC)c2cc(/C=C/c3ccc4c(c3)C(CC)(CC)c3cc(N(c5ccccc5)c5ccccc5)ccc3-4)ccc2-c2ccc(-c3ccc4cc([Si](C)(C)C)ccc4c3)cc21. The summed E-state index contributed by atoms with van der Waals surface area (Å²) in [6.45, 7) is 16.8. The first-order valence-electron chi connectivity index (χ1n) is 23.3. The van der Waals surface area contributed by atoms with E-state index in [1.54, 1.807) is 0 Å². The molecule has 0 N–H and O–H groups in total. The molecular weight excluding hydrogens is 775 g/mol. The molecule has 0 heterocycles. The van der Waals surface area contributed by atoms with Crippen LogP contribution in [0.15, 0.2) is 170 Å². The van der Waals surface area contributed by atoms with Crippen LogP contribution in [0, 0.1) is 0 Å². The van der Waals surface area contributed by atoms with Crippen LogP contribution in [0.1, 0.15) is 86.8 Å². The molecule has 0 fully saturated rings. The van der Waals surface area contributed by atoms with Crippen molar-refractivity contribution in [2.75, 3.05) is 4.90 Å². The van der Waals surface area contributed by atoms with Gasteiger partial charge in [-0.15, -0.1) is 0 Å². The maximum absolute atomic E-state index is 2.51. The van der Waals surface area contributed by atoms with Gasteiger partial charge in [-0.25, -0.2) is 0 Å². The molecule has 0 atom stereocenters. The van der Waals surface area contributed by atoms with Gasteiger partial charge in [-0.2, -0.15) is 0 Å². The van der Waals surface area contributed by atoms with Gasteiger partial charge in [-0.3, -0.25) is 0 Å². The number of para-hydroxylation sites is 2. The Labute approximate surface area is 376 Å². The molecule has 312 valence electrons. The highest BCUT2D eigenvalue weighted by Gasteiger charge is 2.42. The highest BCUT2D eigenvalue weighted by Crippen LogP contribution is 2.56. The predicted molar refractivity (Wildman–Crippen MR) is 276 cm³/mol. The monoisotopic (exact) mass is 833 g/mol. The second kappa shape index (κ2) is 15.8. The lowest BCUT2D eigenvalue weighted by Gasteiger charge is -2.32. The number of anilines is 3. The zero-order chi connectivity index (χ0) is 43.5. The molecule has 0 saturated heterocycles. The van der Waals surface area contributed by atoms with Gasteiger partial charge >= 0.3 is 0 Å². The van der Waals surface area contributed by atoms with Crippen LogP contribution in [-0.4, -0.2) is 8.07 Å². The smallest absolute Gasteiger partial charge is 0.0776 e. The van der Waals surface area contributed by atoms with Crippen molar-refractivity contribution in [3.63, 3.8) is 0 Å². The highest BCUT2D eigenvalue weighted by atomic mass is 28.3. The van der Waals surface area contributed by atoms with Crippen LogP contribution in [-0.2, 0) is 10.8 Å². The summed E-state index contributed by atoms with van der Waals surface area (Å²) >= 11 is 0. The zero-order valence-electron chi connectivity index (χ0n) is 38.1. The van der Waals surface area contributed by atoms with Crippen LogP contribution in [0.3, 0.4) is 0 Å². The quantitative estimate of drug-likeness (QED) is 0.0927. The molecule has 2 aliphatic carbocycles. The Kier molecular flexibility index (Phi) is 10.3. The molecule has 1 nitrogen and oxygen atoms in total. The van der Waals surface area contributed by atoms with Crippen molar-refractivity contribution < 1.29 is 0 Å². The van der Waals surface area contributed by atoms with Crippen LogP contribution in [0.2, 0.25) is 19.6 Å². The van der Waals surface area contributed by atoms with Crippen LogP contribution >= 0.6 is 0 Å². The molecule has 0 radical (unpaired) electrons. The highest BCUT2D eigenvalue weighted by molar-refractivity contribution is 6.88. The molecule has 8 aromatic carbocycles. The summed E-state index contributed by atoms with van der Waals surface area (Å²) in [5.41, 5.74) is 19.9. The van der Waals surface area contributed by atoms with Crippen molar-refractivity contribution in [3.05, 3.63) is 203 Å². The second-order valence-electron chi connectivity index (χ2n) is 19.0. The first-order chi connectivity index (χ1) is 30.6. The van der Waals surface area contributed by atoms with Gasteiger partial charge in [-0.1, -0.05) is 186 Å². The van der Waals surface area contributed by atoms with E-state index in [-0.39, 0.29) is 10.8 Å². The molecule has 0 aliphatic heterocycles. The molecule has 0 bridgehead atoms. The van der Waals surface area contributed by atoms with Crippen LogP contribution in [0.5, 0.6) is 0 Å². The van der Waals surface area contributed by atoms with Gasteiger partial charge < -0.3 is 4.90 Å². The average molecular weight is 834 g/mol. The Morgan fingerprint density at radius 3 is 1.35 bits per heavy atom. The minimum absolute atomic E-state index is 0.0235. The number of hydrogen-bond acceptors (Lipinski definition) is 1. The summed E-state index contributed by atoms with van der Waals surface area (Å²) in [4.78, 5) is 2.39. The summed E-state index contributed by atoms with van der Waals surface area (Å²) in [6, 6.07) is 64.5. The van der Waals surface area contributed by atoms with Crippen molar-refractivity contribution >= 4 is 53.2 Å². The maximum Gasteiger partial charge on any atom is 0.0776 e. The lowest BCUT2D eigenvalue weighted by atomic mass is 9.73. The molecule has 0 aromatic heterocycles. The van der Waals surface area contributed by atoms with E-state index in [2.05, 4.69) is 234 Å². The number of nitrogens with zero attached hydrogens (tertiary/aromatic N) is 1. The lowest BCUT2D eigenvalue weighted by Crippen LogP contribution is -2.37. The maximum atomic E-state index is 2.51. The molecule has 0 saturated carbocycles. The molecule has 63 heavy (non-hydrogen) atoms. The summed E-state index contributed by atoms with van der Waals surface area (Å²) in [6.07, 6.45) is 8.89. The van der Waals surface area contributed by atoms with E-state index in [0.717, 1.165) is 37.1 Å². The summed E-state index contributed by atoms with van der Waals surface area (Å²) < 4.78 is 0. The minimum Gasteiger partial charge on any atom is -0.310 e. The Bertz CT molecular complexity index is 2990. The second-order valence-corrected chi connectivity index (χ2v) is 24.1. The molecule has 2 aliphatic rings. The summed E-state index contributed by atoms with van der Waals surface area (Å²) in [7, 11) is -1.37. The Morgan fingerprint density at radius 2 is 0.825 bits per heavy atom. The third kappa shape index (κ3) is 6.73. The first-order valence-corrected chi connectivity index (χ1v) is 26.8. The molecule has 0 spiro atoms. The van der Waals surface area contributed by atoms with Gasteiger partial charge in [0.2, 0.25) is 0 Å². The van der Waals surface area contributed by atoms with Crippen molar-refractivity contribution in [2.24, 2.45) is 0 Å². The van der Waals surface area contributed by atoms with Gasteiger partial charge in [0.05, 0.1) is 8.07 Å². The van der Waals surface area contributed by atoms with Crippen molar-refractivity contribution in [2.45, 2.75) is 83.8 Å². The van der Waals surface area contributed by atoms with Crippen LogP contribution in [0.25, 0.3) is 56.3 Å². The molecule has 0 unspecified atom stereocenters. The lowest BCUT2D eigenvalue weighted by molar-refractivity contribution is 0.490. The fraction of sp³-hybridized carbons (Fsp3) is 0.213. The number of hydrogen-bond donors (Lipinski definition) is 0. The van der Waals surface area contributed by atoms with E-state index in [1.807, 2.05) is 0 Å². The third-order valence-electron chi connectivity index (χ3n) is 15.0. The minimum atomic E-state index is -1.37. The summed E-state index contributed by atoms with van der Waals surface area (Å²) in [5, 5.41) is 4.17. The molecule has 8 aromatic rings. The Morgan fingerprint density at radius 1 is 0.397 bits per heavy atom. The number of rotatable bonds is 11. The van der Waals surface area contributed by atoms with Crippen LogP contribution in [0.4, 0.5) is 17.1 Å². The molecular formula is C61H59NSi. The molecule has 2 heteroatoms. The van der Waals surface area contributed by atoms with Crippen molar-refractivity contribution in [1.82, 2.24) is 0 Å². The number of benzene rings is 8. The normalized spacial score (nSPS) is 14.4. The van der Waals surface area contributed by atoms with E-state index >= 15 is 0 Å². The molecule has 0 amide bonds. The van der Waals surface area contributed by atoms with Crippen LogP contribution < -0.4 is 10.1 Å². The average Bonchev–Trinajstić information content (AvgIpc) is 3.76. The first kappa shape index (κ1) is 40.8. The van der Waals surface area contributed by atoms with Gasteiger partial charge in [0.25, 0.3) is 0 Å². The van der Waals surface area contributed by atoms with E-state index in [4.69, 9.17) is 0 Å². The van der Waals surface area contributed by atoms with E-state index in [9.17, 15) is 0 Å². The molecule has 10 rings (SSSR count). The zero-order valence-corrected chi connectivity index (χ0v) is 39.1. The van der Waals surface area contributed by atoms with E-state index in [1.165, 1.54) is 88.4 Å². The van der Waals surface area contributed by atoms with Gasteiger partial charge in [0.1, 0.15) is 0 Å². The predicted octanol–water partition coefficient (Wildman–Crippen LogP) is 16.9. The van der Waals surface area contributed by atoms with Crippen molar-refractivity contribution in [3.8, 4) is 33.4 Å². The van der Waals surface area contributed by atoms with Gasteiger partial charge in [-0.05, 0) is 152 Å². The van der Waals surface area contributed by atoms with Gasteiger partial charge in [0, 0.05) is 27.9 Å². The standard InChI is InChI=1S/C61H59NSi/c1-8-60(9-2)56-36-42(24-32-52(56)54-34-29-47(40-58(54)60)44-26-27-46-39-51(63(5,6)7)31-28-45(46)38-44)22-23-43-25-33-53-55-35-30-50(41-59(55)61(10-3,11-4)57(53)37-43)62(48-18-14-12-15-19-48)49-20-16-13-17-21-49/h12-41H,8-11H2,1-7H3/b23-22+. The number of fused-ring (bicyclic) bond motifs is 7. The summed E-state index contributed by atoms with van der Waals surface area (Å²) in [5.74, 6) is 0. The van der Waals surface area contributed by atoms with Gasteiger partial charge in [0.15, 0.2) is 0 Å². The largest absolute Gasteiger partial charge is 0.310 e. The van der Waals surface area contributed by atoms with E-state index in [0.29, 0.717) is 0 Å².